The second-order valence-electron chi connectivity index (χ2n) is 7.85. The van der Waals surface area contributed by atoms with Crippen LogP contribution in [0, 0.1) is 0 Å². The van der Waals surface area contributed by atoms with Crippen LogP contribution in [0.2, 0.25) is 0 Å². The van der Waals surface area contributed by atoms with Crippen LogP contribution < -0.4 is 10.6 Å². The van der Waals surface area contributed by atoms with Gasteiger partial charge >= 0.3 is 12.1 Å². The number of alkyl carbamates (subject to hydrolysis) is 1. The van der Waals surface area contributed by atoms with E-state index >= 15 is 0 Å². The molecule has 0 unspecified atom stereocenters. The van der Waals surface area contributed by atoms with Crippen molar-refractivity contribution in [2.45, 2.75) is 25.4 Å². The highest BCUT2D eigenvalue weighted by Gasteiger charge is 2.29. The average molecular weight is 448 g/mol. The van der Waals surface area contributed by atoms with Gasteiger partial charge in [-0.3, -0.25) is 14.3 Å². The van der Waals surface area contributed by atoms with E-state index in [1.54, 1.807) is 7.05 Å². The Morgan fingerprint density at radius 3 is 2.30 bits per heavy atom. The normalized spacial score (nSPS) is 13.0. The zero-order chi connectivity index (χ0) is 23.5. The van der Waals surface area contributed by atoms with E-state index in [0.29, 0.717) is 5.56 Å². The molecule has 0 spiro atoms. The molecule has 3 N–H and O–H groups in total. The zero-order valence-electron chi connectivity index (χ0n) is 18.2. The molecule has 33 heavy (non-hydrogen) atoms. The van der Waals surface area contributed by atoms with Crippen LogP contribution in [0.15, 0.2) is 54.7 Å². The third-order valence-electron chi connectivity index (χ3n) is 5.71. The van der Waals surface area contributed by atoms with Crippen molar-refractivity contribution in [1.29, 1.82) is 0 Å². The van der Waals surface area contributed by atoms with E-state index in [0.717, 1.165) is 22.3 Å². The van der Waals surface area contributed by atoms with Crippen LogP contribution in [0.4, 0.5) is 4.79 Å². The number of nitrogens with one attached hydrogen (secondary N) is 2. The summed E-state index contributed by atoms with van der Waals surface area (Å²) >= 11 is 0. The quantitative estimate of drug-likeness (QED) is 0.511. The molecule has 0 saturated carbocycles. The highest BCUT2D eigenvalue weighted by atomic mass is 16.5. The monoisotopic (exact) mass is 448 g/mol. The smallest absolute Gasteiger partial charge is 0.407 e. The van der Waals surface area contributed by atoms with Crippen LogP contribution in [0.25, 0.3) is 11.1 Å². The van der Waals surface area contributed by atoms with Gasteiger partial charge in [-0.15, -0.1) is 0 Å². The summed E-state index contributed by atoms with van der Waals surface area (Å²) in [4.78, 5) is 35.9. The summed E-state index contributed by atoms with van der Waals surface area (Å²) in [5.74, 6) is -1.79. The Morgan fingerprint density at radius 2 is 1.70 bits per heavy atom. The highest BCUT2D eigenvalue weighted by molar-refractivity contribution is 5.96. The molecule has 2 amide bonds. The molecule has 1 heterocycles. The van der Waals surface area contributed by atoms with Gasteiger partial charge in [0.05, 0.1) is 12.7 Å². The number of fused-ring (bicyclic) bond motifs is 3. The van der Waals surface area contributed by atoms with Crippen LogP contribution in [0.5, 0.6) is 0 Å². The van der Waals surface area contributed by atoms with E-state index < -0.39 is 24.0 Å². The lowest BCUT2D eigenvalue weighted by Gasteiger charge is -2.15. The molecule has 0 fully saturated rings. The largest absolute Gasteiger partial charge is 0.480 e. The van der Waals surface area contributed by atoms with Crippen molar-refractivity contribution in [2.24, 2.45) is 7.05 Å². The van der Waals surface area contributed by atoms with Gasteiger partial charge in [0.1, 0.15) is 18.3 Å². The summed E-state index contributed by atoms with van der Waals surface area (Å²) in [7, 11) is 1.57. The topological polar surface area (TPSA) is 123 Å². The van der Waals surface area contributed by atoms with Crippen LogP contribution in [0.1, 0.15) is 40.0 Å². The van der Waals surface area contributed by atoms with Crippen molar-refractivity contribution in [2.75, 3.05) is 6.61 Å². The minimum Gasteiger partial charge on any atom is -0.480 e. The molecule has 2 aromatic carbocycles. The van der Waals surface area contributed by atoms with Crippen LogP contribution in [-0.2, 0) is 23.1 Å². The van der Waals surface area contributed by atoms with Crippen molar-refractivity contribution in [3.8, 4) is 11.1 Å². The number of ether oxygens (including phenoxy) is 1. The lowest BCUT2D eigenvalue weighted by atomic mass is 9.98. The first kappa shape index (κ1) is 22.1. The minimum absolute atomic E-state index is 0.00865. The van der Waals surface area contributed by atoms with E-state index in [1.807, 2.05) is 36.4 Å². The number of nitrogens with zero attached hydrogens (tertiary/aromatic N) is 2. The molecule has 0 bridgehead atoms. The molecule has 9 nitrogen and oxygen atoms in total. The maximum absolute atomic E-state index is 12.5. The third kappa shape index (κ3) is 4.43. The number of aryl methyl sites for hydroxylation is 1. The first-order chi connectivity index (χ1) is 15.9. The number of rotatable bonds is 7. The molecular formula is C24H24N4O5. The summed E-state index contributed by atoms with van der Waals surface area (Å²) < 4.78 is 6.84. The standard InChI is InChI=1S/C24H24N4O5/c1-14(23(30)31)27-22(29)21-15(12-26-28(21)2)11-25-24(32)33-13-20-18-9-5-3-7-16(18)17-8-4-6-10-19(17)20/h3-10,12,14,20H,11,13H2,1-2H3,(H,25,32)(H,27,29)(H,30,31)/t14-/m1/s1. The zero-order valence-corrected chi connectivity index (χ0v) is 18.2. The number of benzene rings is 2. The molecule has 0 aliphatic heterocycles. The fraction of sp³-hybridized carbons (Fsp3) is 0.250. The molecule has 0 saturated heterocycles. The predicted octanol–water partition coefficient (Wildman–Crippen LogP) is 2.66. The number of carbonyl (C=O) groups is 3. The fourth-order valence-electron chi connectivity index (χ4n) is 4.05. The maximum atomic E-state index is 12.5. The molecule has 1 aliphatic rings. The van der Waals surface area contributed by atoms with Crippen LogP contribution >= 0.6 is 0 Å². The Labute approximate surface area is 190 Å². The summed E-state index contributed by atoms with van der Waals surface area (Å²) in [6, 6.07) is 15.1. The summed E-state index contributed by atoms with van der Waals surface area (Å²) in [6.45, 7) is 1.55. The third-order valence-corrected chi connectivity index (χ3v) is 5.71. The van der Waals surface area contributed by atoms with Gasteiger partial charge in [-0.1, -0.05) is 48.5 Å². The van der Waals surface area contributed by atoms with Gasteiger partial charge in [-0.25, -0.2) is 4.79 Å². The van der Waals surface area contributed by atoms with Gasteiger partial charge in [-0.05, 0) is 29.2 Å². The Bertz CT molecular complexity index is 1170. The summed E-state index contributed by atoms with van der Waals surface area (Å²) in [6.07, 6.45) is 0.829. The Kier molecular flexibility index (Phi) is 6.12. The Morgan fingerprint density at radius 1 is 1.09 bits per heavy atom. The maximum Gasteiger partial charge on any atom is 0.407 e. The predicted molar refractivity (Wildman–Crippen MR) is 120 cm³/mol. The second-order valence-corrected chi connectivity index (χ2v) is 7.85. The van der Waals surface area contributed by atoms with Crippen LogP contribution in [-0.4, -0.2) is 45.5 Å². The molecule has 3 aromatic rings. The molecule has 1 aliphatic carbocycles. The lowest BCUT2D eigenvalue weighted by molar-refractivity contribution is -0.138. The van der Waals surface area contributed by atoms with Gasteiger partial charge in [0.2, 0.25) is 0 Å². The Balaban J connectivity index is 1.39. The second kappa shape index (κ2) is 9.15. The van der Waals surface area contributed by atoms with E-state index in [2.05, 4.69) is 27.9 Å². The molecule has 4 rings (SSSR count). The van der Waals surface area contributed by atoms with Gasteiger partial charge in [0.15, 0.2) is 0 Å². The van der Waals surface area contributed by atoms with Crippen molar-refractivity contribution in [1.82, 2.24) is 20.4 Å². The van der Waals surface area contributed by atoms with Crippen LogP contribution in [0.3, 0.4) is 0 Å². The van der Waals surface area contributed by atoms with Crippen molar-refractivity contribution >= 4 is 18.0 Å². The number of carbonyl (C=O) groups excluding carboxylic acids is 2. The number of carboxylic acids is 1. The van der Waals surface area contributed by atoms with Crippen molar-refractivity contribution in [3.05, 3.63) is 77.1 Å². The first-order valence-electron chi connectivity index (χ1n) is 10.5. The van der Waals surface area contributed by atoms with E-state index in [1.165, 1.54) is 17.8 Å². The van der Waals surface area contributed by atoms with E-state index in [9.17, 15) is 14.4 Å². The van der Waals surface area contributed by atoms with Crippen molar-refractivity contribution < 1.29 is 24.2 Å². The number of aliphatic carboxylic acids is 1. The number of carboxylic acid groups (broad SMARTS) is 1. The van der Waals surface area contributed by atoms with Crippen molar-refractivity contribution in [3.63, 3.8) is 0 Å². The summed E-state index contributed by atoms with van der Waals surface area (Å²) in [5, 5.41) is 18.1. The summed E-state index contributed by atoms with van der Waals surface area (Å²) in [5.41, 5.74) is 5.13. The molecule has 0 radical (unpaired) electrons. The lowest BCUT2D eigenvalue weighted by Crippen LogP contribution is -2.39. The number of aromatic nitrogens is 2. The average Bonchev–Trinajstić information content (AvgIpc) is 3.33. The highest BCUT2D eigenvalue weighted by Crippen LogP contribution is 2.44. The van der Waals surface area contributed by atoms with E-state index in [-0.39, 0.29) is 24.8 Å². The molecule has 1 aromatic heterocycles. The molecule has 9 heteroatoms. The Hall–Kier alpha value is -4.14. The molecule has 170 valence electrons. The fourth-order valence-corrected chi connectivity index (χ4v) is 4.05. The molecule has 1 atom stereocenters. The SMILES string of the molecule is C[C@@H](NC(=O)c1c(CNC(=O)OCC2c3ccccc3-c3ccccc32)cnn1C)C(=O)O. The van der Waals surface area contributed by atoms with Gasteiger partial charge in [0.25, 0.3) is 5.91 Å². The minimum atomic E-state index is -1.15. The number of amides is 2. The number of hydrogen-bond acceptors (Lipinski definition) is 5. The molecular weight excluding hydrogens is 424 g/mol. The van der Waals surface area contributed by atoms with Gasteiger partial charge in [-0.2, -0.15) is 5.10 Å². The van der Waals surface area contributed by atoms with Gasteiger partial charge < -0.3 is 20.5 Å². The first-order valence-corrected chi connectivity index (χ1v) is 10.5. The van der Waals surface area contributed by atoms with Gasteiger partial charge in [0, 0.05) is 18.5 Å². The van der Waals surface area contributed by atoms with E-state index in [4.69, 9.17) is 9.84 Å². The number of hydrogen-bond donors (Lipinski definition) is 3.